The molecule has 1 heterocycles. The van der Waals surface area contributed by atoms with Gasteiger partial charge in [0.25, 0.3) is 5.91 Å². The fraction of sp³-hybridized carbons (Fsp3) is 0.250. The van der Waals surface area contributed by atoms with E-state index in [0.717, 1.165) is 23.3 Å². The summed E-state index contributed by atoms with van der Waals surface area (Å²) in [6.07, 6.45) is 1.98. The van der Waals surface area contributed by atoms with Crippen molar-refractivity contribution in [2.45, 2.75) is 33.2 Å². The highest BCUT2D eigenvalue weighted by Gasteiger charge is 2.17. The van der Waals surface area contributed by atoms with E-state index in [0.29, 0.717) is 6.54 Å². The van der Waals surface area contributed by atoms with Crippen LogP contribution in [0.4, 0.5) is 0 Å². The molecule has 0 aliphatic rings. The first-order chi connectivity index (χ1) is 11.2. The van der Waals surface area contributed by atoms with Gasteiger partial charge in [0, 0.05) is 11.2 Å². The van der Waals surface area contributed by atoms with Gasteiger partial charge in [-0.05, 0) is 35.9 Å². The van der Waals surface area contributed by atoms with E-state index in [-0.39, 0.29) is 5.91 Å². The Kier molecular flexibility index (Phi) is 4.77. The first kappa shape index (κ1) is 15.8. The molecule has 0 saturated carbocycles. The SMILES string of the molecule is CCCc1c(C(=O)NCc2ccc(C)cc2)sc2ccccc12. The number of fused-ring (bicyclic) bond motifs is 1. The van der Waals surface area contributed by atoms with Crippen molar-refractivity contribution in [2.24, 2.45) is 0 Å². The molecule has 0 bridgehead atoms. The van der Waals surface area contributed by atoms with Gasteiger partial charge < -0.3 is 5.32 Å². The summed E-state index contributed by atoms with van der Waals surface area (Å²) < 4.78 is 1.19. The normalized spacial score (nSPS) is 10.9. The monoisotopic (exact) mass is 323 g/mol. The van der Waals surface area contributed by atoms with Crippen LogP contribution in [0.5, 0.6) is 0 Å². The number of amides is 1. The highest BCUT2D eigenvalue weighted by atomic mass is 32.1. The van der Waals surface area contributed by atoms with Gasteiger partial charge in [-0.2, -0.15) is 0 Å². The average molecular weight is 323 g/mol. The van der Waals surface area contributed by atoms with Gasteiger partial charge in [0.05, 0.1) is 4.88 Å². The summed E-state index contributed by atoms with van der Waals surface area (Å²) in [6.45, 7) is 4.79. The van der Waals surface area contributed by atoms with E-state index < -0.39 is 0 Å². The number of hydrogen-bond donors (Lipinski definition) is 1. The van der Waals surface area contributed by atoms with Gasteiger partial charge in [-0.15, -0.1) is 11.3 Å². The molecule has 0 saturated heterocycles. The smallest absolute Gasteiger partial charge is 0.261 e. The van der Waals surface area contributed by atoms with Crippen LogP contribution in [0, 0.1) is 6.92 Å². The minimum atomic E-state index is 0.0372. The Morgan fingerprint density at radius 2 is 1.83 bits per heavy atom. The lowest BCUT2D eigenvalue weighted by Crippen LogP contribution is -2.22. The van der Waals surface area contributed by atoms with E-state index in [2.05, 4.69) is 55.6 Å². The average Bonchev–Trinajstić information content (AvgIpc) is 2.93. The van der Waals surface area contributed by atoms with Gasteiger partial charge in [0.1, 0.15) is 0 Å². The van der Waals surface area contributed by atoms with Crippen LogP contribution in [-0.4, -0.2) is 5.91 Å². The van der Waals surface area contributed by atoms with Crippen LogP contribution in [-0.2, 0) is 13.0 Å². The Balaban J connectivity index is 1.82. The second-order valence-electron chi connectivity index (χ2n) is 5.82. The molecule has 2 nitrogen and oxygen atoms in total. The van der Waals surface area contributed by atoms with Crippen LogP contribution in [0.1, 0.15) is 39.7 Å². The molecule has 2 aromatic carbocycles. The van der Waals surface area contributed by atoms with Crippen molar-refractivity contribution in [1.29, 1.82) is 0 Å². The molecule has 1 aromatic heterocycles. The molecular formula is C20H21NOS. The number of rotatable bonds is 5. The van der Waals surface area contributed by atoms with Crippen LogP contribution in [0.25, 0.3) is 10.1 Å². The molecule has 3 aromatic rings. The molecule has 23 heavy (non-hydrogen) atoms. The van der Waals surface area contributed by atoms with Crippen molar-refractivity contribution in [3.8, 4) is 0 Å². The van der Waals surface area contributed by atoms with Gasteiger partial charge in [0.2, 0.25) is 0 Å². The molecule has 1 amide bonds. The fourth-order valence-corrected chi connectivity index (χ4v) is 3.92. The zero-order valence-electron chi connectivity index (χ0n) is 13.6. The number of nitrogens with one attached hydrogen (secondary N) is 1. The molecule has 0 aliphatic carbocycles. The van der Waals surface area contributed by atoms with Crippen molar-refractivity contribution < 1.29 is 4.79 Å². The van der Waals surface area contributed by atoms with Gasteiger partial charge in [-0.3, -0.25) is 4.79 Å². The van der Waals surface area contributed by atoms with E-state index in [9.17, 15) is 4.79 Å². The predicted octanol–water partition coefficient (Wildman–Crippen LogP) is 5.09. The third-order valence-corrected chi connectivity index (χ3v) is 5.19. The second kappa shape index (κ2) is 6.97. The predicted molar refractivity (Wildman–Crippen MR) is 98.2 cm³/mol. The summed E-state index contributed by atoms with van der Waals surface area (Å²) in [5.41, 5.74) is 3.55. The summed E-state index contributed by atoms with van der Waals surface area (Å²) in [4.78, 5) is 13.5. The van der Waals surface area contributed by atoms with E-state index in [4.69, 9.17) is 0 Å². The molecule has 1 N–H and O–H groups in total. The Hall–Kier alpha value is -2.13. The van der Waals surface area contributed by atoms with Crippen LogP contribution < -0.4 is 5.32 Å². The summed E-state index contributed by atoms with van der Waals surface area (Å²) in [7, 11) is 0. The van der Waals surface area contributed by atoms with E-state index in [1.807, 2.05) is 12.1 Å². The van der Waals surface area contributed by atoms with Crippen molar-refractivity contribution in [2.75, 3.05) is 0 Å². The minimum Gasteiger partial charge on any atom is -0.347 e. The number of benzene rings is 2. The number of carbonyl (C=O) groups excluding carboxylic acids is 1. The highest BCUT2D eigenvalue weighted by molar-refractivity contribution is 7.21. The lowest BCUT2D eigenvalue weighted by molar-refractivity contribution is 0.0954. The van der Waals surface area contributed by atoms with Crippen molar-refractivity contribution in [3.63, 3.8) is 0 Å². The second-order valence-corrected chi connectivity index (χ2v) is 6.88. The maximum absolute atomic E-state index is 12.6. The molecule has 0 unspecified atom stereocenters. The molecule has 0 fully saturated rings. The first-order valence-corrected chi connectivity index (χ1v) is 8.85. The van der Waals surface area contributed by atoms with Crippen LogP contribution in [0.15, 0.2) is 48.5 Å². The minimum absolute atomic E-state index is 0.0372. The third kappa shape index (κ3) is 3.45. The summed E-state index contributed by atoms with van der Waals surface area (Å²) in [6, 6.07) is 16.6. The summed E-state index contributed by atoms with van der Waals surface area (Å²) >= 11 is 1.60. The Bertz CT molecular complexity index is 817. The molecule has 3 heteroatoms. The van der Waals surface area contributed by atoms with Crippen LogP contribution in [0.2, 0.25) is 0 Å². The largest absolute Gasteiger partial charge is 0.347 e. The zero-order valence-corrected chi connectivity index (χ0v) is 14.4. The Morgan fingerprint density at radius 3 is 2.57 bits per heavy atom. The molecular weight excluding hydrogens is 302 g/mol. The molecule has 0 aliphatic heterocycles. The van der Waals surface area contributed by atoms with E-state index in [1.165, 1.54) is 21.2 Å². The summed E-state index contributed by atoms with van der Waals surface area (Å²) in [5, 5.41) is 4.29. The molecule has 0 radical (unpaired) electrons. The standard InChI is InChI=1S/C20H21NOS/c1-3-6-17-16-7-4-5-8-18(16)23-19(17)20(22)21-13-15-11-9-14(2)10-12-15/h4-5,7-12H,3,6,13H2,1-2H3,(H,21,22). The quantitative estimate of drug-likeness (QED) is 0.696. The zero-order chi connectivity index (χ0) is 16.2. The fourth-order valence-electron chi connectivity index (χ4n) is 2.75. The molecule has 0 atom stereocenters. The van der Waals surface area contributed by atoms with Crippen molar-refractivity contribution in [1.82, 2.24) is 5.32 Å². The number of hydrogen-bond acceptors (Lipinski definition) is 2. The van der Waals surface area contributed by atoms with Gasteiger partial charge in [-0.1, -0.05) is 61.4 Å². The topological polar surface area (TPSA) is 29.1 Å². The van der Waals surface area contributed by atoms with E-state index in [1.54, 1.807) is 11.3 Å². The molecule has 0 spiro atoms. The maximum Gasteiger partial charge on any atom is 0.261 e. The van der Waals surface area contributed by atoms with Gasteiger partial charge in [0.15, 0.2) is 0 Å². The Labute approximate surface area is 141 Å². The molecule has 118 valence electrons. The van der Waals surface area contributed by atoms with E-state index >= 15 is 0 Å². The third-order valence-electron chi connectivity index (χ3n) is 3.98. The number of thiophene rings is 1. The van der Waals surface area contributed by atoms with Crippen LogP contribution >= 0.6 is 11.3 Å². The van der Waals surface area contributed by atoms with Crippen molar-refractivity contribution in [3.05, 3.63) is 70.1 Å². The lowest BCUT2D eigenvalue weighted by atomic mass is 10.1. The Morgan fingerprint density at radius 1 is 1.09 bits per heavy atom. The van der Waals surface area contributed by atoms with Crippen LogP contribution in [0.3, 0.4) is 0 Å². The maximum atomic E-state index is 12.6. The van der Waals surface area contributed by atoms with Crippen molar-refractivity contribution >= 4 is 27.3 Å². The first-order valence-electron chi connectivity index (χ1n) is 8.03. The highest BCUT2D eigenvalue weighted by Crippen LogP contribution is 2.32. The number of carbonyl (C=O) groups is 1. The van der Waals surface area contributed by atoms with Gasteiger partial charge in [-0.25, -0.2) is 0 Å². The summed E-state index contributed by atoms with van der Waals surface area (Å²) in [5.74, 6) is 0.0372. The van der Waals surface area contributed by atoms with Gasteiger partial charge >= 0.3 is 0 Å². The number of aryl methyl sites for hydroxylation is 2. The lowest BCUT2D eigenvalue weighted by Gasteiger charge is -2.06. The molecule has 3 rings (SSSR count).